The number of rotatable bonds is 0. The van der Waals surface area contributed by atoms with Crippen LogP contribution in [0.1, 0.15) is 12.0 Å². The van der Waals surface area contributed by atoms with Crippen LogP contribution in [0, 0.1) is 0 Å². The van der Waals surface area contributed by atoms with E-state index in [9.17, 15) is 0 Å². The molecule has 1 aromatic carbocycles. The number of benzene rings is 1. The highest BCUT2D eigenvalue weighted by Crippen LogP contribution is 2.34. The Labute approximate surface area is 77.2 Å². The maximum Gasteiger partial charge on any atom is 0.0957 e. The van der Waals surface area contributed by atoms with Gasteiger partial charge in [-0.05, 0) is 12.5 Å². The van der Waals surface area contributed by atoms with E-state index < -0.39 is 0 Å². The minimum Gasteiger partial charge on any atom is -0.332 e. The highest BCUT2D eigenvalue weighted by molar-refractivity contribution is 5.88. The third-order valence-electron chi connectivity index (χ3n) is 2.53. The van der Waals surface area contributed by atoms with Gasteiger partial charge in [-0.1, -0.05) is 24.3 Å². The van der Waals surface area contributed by atoms with Gasteiger partial charge in [-0.3, -0.25) is 0 Å². The molecule has 1 aromatic rings. The molecule has 0 aliphatic carbocycles. The third-order valence-corrected chi connectivity index (χ3v) is 2.53. The van der Waals surface area contributed by atoms with Gasteiger partial charge in [0, 0.05) is 17.8 Å². The minimum absolute atomic E-state index is 1.08. The van der Waals surface area contributed by atoms with Crippen LogP contribution in [0.4, 0.5) is 5.69 Å². The lowest BCUT2D eigenvalue weighted by Gasteiger charge is -2.22. The molecule has 0 saturated carbocycles. The van der Waals surface area contributed by atoms with Gasteiger partial charge in [-0.2, -0.15) is 0 Å². The van der Waals surface area contributed by atoms with Crippen LogP contribution in [0.5, 0.6) is 0 Å². The Morgan fingerprint density at radius 1 is 1.23 bits per heavy atom. The summed E-state index contributed by atoms with van der Waals surface area (Å²) in [5.41, 5.74) is 3.68. The lowest BCUT2D eigenvalue weighted by molar-refractivity contribution is 0.636. The number of para-hydroxylation sites is 1. The number of nitrogens with zero attached hydrogens (tertiary/aromatic N) is 2. The van der Waals surface area contributed by atoms with E-state index in [1.54, 1.807) is 0 Å². The second-order valence-electron chi connectivity index (χ2n) is 3.33. The van der Waals surface area contributed by atoms with Crippen LogP contribution in [-0.4, -0.2) is 17.8 Å². The van der Waals surface area contributed by atoms with Gasteiger partial charge >= 0.3 is 0 Å². The van der Waals surface area contributed by atoms with Gasteiger partial charge in [0.05, 0.1) is 12.0 Å². The number of aliphatic imine (C=N–C) groups is 1. The average Bonchev–Trinajstić information content (AvgIpc) is 2.65. The predicted molar refractivity (Wildman–Crippen MR) is 53.9 cm³/mol. The Balaban J connectivity index is 2.23. The maximum absolute atomic E-state index is 4.40. The first-order valence-electron chi connectivity index (χ1n) is 4.55. The first-order valence-corrected chi connectivity index (χ1v) is 4.55. The molecule has 0 atom stereocenters. The second kappa shape index (κ2) is 2.46. The summed E-state index contributed by atoms with van der Waals surface area (Å²) >= 11 is 0. The van der Waals surface area contributed by atoms with Gasteiger partial charge < -0.3 is 4.90 Å². The van der Waals surface area contributed by atoms with Crippen molar-refractivity contribution >= 4 is 17.7 Å². The molecule has 0 amide bonds. The molecule has 0 N–H and O–H groups in total. The SMILES string of the molecule is C1=Nc2ccccc2C2=CCCN12. The molecular formula is C11H10N2. The number of hydrogen-bond donors (Lipinski definition) is 0. The minimum atomic E-state index is 1.08. The molecule has 2 heteroatoms. The summed E-state index contributed by atoms with van der Waals surface area (Å²) < 4.78 is 0. The highest BCUT2D eigenvalue weighted by atomic mass is 15.2. The second-order valence-corrected chi connectivity index (χ2v) is 3.33. The van der Waals surface area contributed by atoms with E-state index in [0.29, 0.717) is 0 Å². The van der Waals surface area contributed by atoms with Crippen molar-refractivity contribution in [3.05, 3.63) is 35.9 Å². The molecule has 0 bridgehead atoms. The van der Waals surface area contributed by atoms with E-state index in [1.807, 2.05) is 12.4 Å². The molecule has 0 unspecified atom stereocenters. The summed E-state index contributed by atoms with van der Waals surface area (Å²) in [5.74, 6) is 0. The molecule has 2 heterocycles. The summed E-state index contributed by atoms with van der Waals surface area (Å²) in [6, 6.07) is 8.29. The zero-order valence-electron chi connectivity index (χ0n) is 7.27. The molecule has 2 nitrogen and oxygen atoms in total. The third kappa shape index (κ3) is 0.917. The lowest BCUT2D eigenvalue weighted by Crippen LogP contribution is -2.18. The van der Waals surface area contributed by atoms with E-state index in [4.69, 9.17) is 0 Å². The van der Waals surface area contributed by atoms with E-state index in [1.165, 1.54) is 11.3 Å². The standard InChI is InChI=1S/C11H10N2/c1-2-5-10-9(4-1)11-6-3-7-13(11)8-12-10/h1-2,4-6,8H,3,7H2. The van der Waals surface area contributed by atoms with Crippen molar-refractivity contribution in [2.24, 2.45) is 4.99 Å². The maximum atomic E-state index is 4.40. The normalized spacial score (nSPS) is 18.2. The van der Waals surface area contributed by atoms with E-state index in [2.05, 4.69) is 34.2 Å². The smallest absolute Gasteiger partial charge is 0.0957 e. The molecule has 0 fully saturated rings. The van der Waals surface area contributed by atoms with Crippen molar-refractivity contribution in [3.63, 3.8) is 0 Å². The molecule has 0 aromatic heterocycles. The topological polar surface area (TPSA) is 15.6 Å². The predicted octanol–water partition coefficient (Wildman–Crippen LogP) is 2.41. The molecule has 0 radical (unpaired) electrons. The van der Waals surface area contributed by atoms with Gasteiger partial charge in [-0.25, -0.2) is 4.99 Å². The number of fused-ring (bicyclic) bond motifs is 3. The molecule has 13 heavy (non-hydrogen) atoms. The Morgan fingerprint density at radius 3 is 3.15 bits per heavy atom. The first kappa shape index (κ1) is 6.89. The lowest BCUT2D eigenvalue weighted by atomic mass is 10.1. The molecule has 0 saturated heterocycles. The first-order chi connectivity index (χ1) is 6.45. The fourth-order valence-electron chi connectivity index (χ4n) is 1.90. The van der Waals surface area contributed by atoms with Crippen LogP contribution in [0.3, 0.4) is 0 Å². The van der Waals surface area contributed by atoms with Crippen molar-refractivity contribution in [3.8, 4) is 0 Å². The zero-order chi connectivity index (χ0) is 8.67. The fourth-order valence-corrected chi connectivity index (χ4v) is 1.90. The van der Waals surface area contributed by atoms with Gasteiger partial charge in [0.25, 0.3) is 0 Å². The summed E-state index contributed by atoms with van der Waals surface area (Å²) in [6.07, 6.45) is 5.35. The monoisotopic (exact) mass is 170 g/mol. The van der Waals surface area contributed by atoms with Gasteiger partial charge in [0.15, 0.2) is 0 Å². The van der Waals surface area contributed by atoms with Crippen molar-refractivity contribution < 1.29 is 0 Å². The number of hydrogen-bond acceptors (Lipinski definition) is 2. The largest absolute Gasteiger partial charge is 0.332 e. The molecule has 3 rings (SSSR count). The van der Waals surface area contributed by atoms with E-state index in [0.717, 1.165) is 18.7 Å². The summed E-state index contributed by atoms with van der Waals surface area (Å²) in [7, 11) is 0. The van der Waals surface area contributed by atoms with Crippen molar-refractivity contribution in [1.29, 1.82) is 0 Å². The quantitative estimate of drug-likeness (QED) is 0.583. The van der Waals surface area contributed by atoms with E-state index in [-0.39, 0.29) is 0 Å². The van der Waals surface area contributed by atoms with Crippen molar-refractivity contribution in [2.75, 3.05) is 6.54 Å². The Bertz CT molecular complexity index is 404. The van der Waals surface area contributed by atoms with Crippen LogP contribution in [0.25, 0.3) is 5.70 Å². The van der Waals surface area contributed by atoms with Crippen LogP contribution in [0.15, 0.2) is 35.3 Å². The van der Waals surface area contributed by atoms with Gasteiger partial charge in [-0.15, -0.1) is 0 Å². The average molecular weight is 170 g/mol. The van der Waals surface area contributed by atoms with Crippen LogP contribution >= 0.6 is 0 Å². The fraction of sp³-hybridized carbons (Fsp3) is 0.182. The zero-order valence-corrected chi connectivity index (χ0v) is 7.27. The van der Waals surface area contributed by atoms with Gasteiger partial charge in [0.1, 0.15) is 0 Å². The van der Waals surface area contributed by atoms with Crippen molar-refractivity contribution in [2.45, 2.75) is 6.42 Å². The molecule has 2 aliphatic heterocycles. The highest BCUT2D eigenvalue weighted by Gasteiger charge is 2.20. The van der Waals surface area contributed by atoms with Crippen LogP contribution < -0.4 is 0 Å². The molecule has 0 spiro atoms. The summed E-state index contributed by atoms with van der Waals surface area (Å²) in [4.78, 5) is 6.61. The van der Waals surface area contributed by atoms with Crippen molar-refractivity contribution in [1.82, 2.24) is 4.90 Å². The Morgan fingerprint density at radius 2 is 2.15 bits per heavy atom. The van der Waals surface area contributed by atoms with E-state index >= 15 is 0 Å². The van der Waals surface area contributed by atoms with Gasteiger partial charge in [0.2, 0.25) is 0 Å². The molecule has 64 valence electrons. The van der Waals surface area contributed by atoms with Crippen LogP contribution in [0.2, 0.25) is 0 Å². The Kier molecular flexibility index (Phi) is 1.30. The molecule has 2 aliphatic rings. The Hall–Kier alpha value is -1.57. The van der Waals surface area contributed by atoms with Crippen LogP contribution in [-0.2, 0) is 0 Å². The summed E-state index contributed by atoms with van der Waals surface area (Å²) in [5, 5.41) is 0. The molecular weight excluding hydrogens is 160 g/mol. The summed E-state index contributed by atoms with van der Waals surface area (Å²) in [6.45, 7) is 1.08.